The average Bonchev–Trinajstić information content (AvgIpc) is 1.60. The van der Waals surface area contributed by atoms with Crippen molar-refractivity contribution in [2.75, 3.05) is 13.1 Å². The number of carbonyl (C=O) groups is 3. The van der Waals surface area contributed by atoms with Gasteiger partial charge in [-0.15, -0.1) is 11.8 Å². The van der Waals surface area contributed by atoms with E-state index in [1.165, 1.54) is 84.4 Å². The van der Waals surface area contributed by atoms with Gasteiger partial charge in [-0.2, -0.15) is 66.9 Å². The fourth-order valence-corrected chi connectivity index (χ4v) is 14.5. The van der Waals surface area contributed by atoms with Gasteiger partial charge in [0.15, 0.2) is 5.12 Å². The van der Waals surface area contributed by atoms with Crippen molar-refractivity contribution in [2.24, 2.45) is 0 Å². The predicted octanol–water partition coefficient (Wildman–Crippen LogP) is 11.0. The van der Waals surface area contributed by atoms with Gasteiger partial charge in [0.25, 0.3) is 0 Å². The molecule has 470 valence electrons. The quantitative estimate of drug-likeness (QED) is 0.0438. The van der Waals surface area contributed by atoms with E-state index >= 15 is 0 Å². The number of piperidine rings is 1. The van der Waals surface area contributed by atoms with Crippen LogP contribution in [0.4, 0.5) is 0 Å². The molecule has 0 atom stereocenters. The molecule has 1 saturated heterocycles. The molecule has 1 spiro atoms. The summed E-state index contributed by atoms with van der Waals surface area (Å²) in [5.74, 6) is 4.60. The van der Waals surface area contributed by atoms with Crippen molar-refractivity contribution in [3.63, 3.8) is 0 Å². The normalized spacial score (nSPS) is 14.1. The number of halogens is 4. The van der Waals surface area contributed by atoms with Crippen LogP contribution in [0.1, 0.15) is 148 Å². The average molecular weight is 1600 g/mol. The number of nitrogens with one attached hydrogen (secondary N) is 1. The molecule has 2 saturated carbocycles. The minimum Gasteiger partial charge on any atom is -0.790 e. The number of ketones is 1. The third-order valence-corrected chi connectivity index (χ3v) is 20.7. The molecule has 2 aliphatic heterocycles. The molecule has 4 aliphatic rings. The van der Waals surface area contributed by atoms with Gasteiger partial charge in [0.2, 0.25) is 0 Å². The summed E-state index contributed by atoms with van der Waals surface area (Å²) < 4.78 is 4.85. The molecule has 0 amide bonds. The van der Waals surface area contributed by atoms with E-state index in [0.717, 1.165) is 105 Å². The molecule has 90 heavy (non-hydrogen) atoms. The Hall–Kier alpha value is 0.151. The van der Waals surface area contributed by atoms with Gasteiger partial charge in [-0.05, 0) is 134 Å². The maximum atomic E-state index is 10.7. The zero-order chi connectivity index (χ0) is 63.7. The van der Waals surface area contributed by atoms with E-state index in [9.17, 15) is 19.5 Å². The van der Waals surface area contributed by atoms with Crippen LogP contribution in [0.15, 0.2) is 188 Å². The van der Waals surface area contributed by atoms with Crippen LogP contribution in [0, 0.1) is 6.07 Å². The standard InChI is InChI=1S/C13H18OS.C12H15NS.C9H9BrOS.C8H9Br.C7H7BrO.C7H7BrS.C7H7S.C6H10O.C2H4OS.K.2Li/c14-13(8-4-1-5-9-13)12-7-3-2-6-11(12)10-15;1-2-4-11-10(3-1)9-14-12(11)5-7-13-8-6-12;1-7(11)12-6-8-4-2-3-5-9(8)10;1-2-7-5-3-4-6-8(7)9;2*8-7-4-2-1-3-6(7)5-9;8-6-7-4-2-1-3-5-7;7-6-4-2-1-3-5-6;1-2(3)4;;;/h2-3,6-7,14-15H,1,4-5,8-10H2;1-4,13H,5-9H2;2-5H,6H2,1H3;3-6H,2H2,1H3;2*1-4,9H,5H2;1-4,8H,6H2;1-5H2;1H3,(H,3,4);;;/q;;;;;;-1;;;3*+1/p-2. The zero-order valence-corrected chi connectivity index (χ0v) is 67.7. The molecule has 0 unspecified atom stereocenters. The van der Waals surface area contributed by atoms with E-state index in [2.05, 4.69) is 192 Å². The fourth-order valence-electron chi connectivity index (χ4n) is 9.45. The first-order chi connectivity index (χ1) is 42.0. The van der Waals surface area contributed by atoms with Crippen LogP contribution in [0.2, 0.25) is 0 Å². The van der Waals surface area contributed by atoms with Crippen molar-refractivity contribution >= 4 is 154 Å². The van der Waals surface area contributed by atoms with Gasteiger partial charge in [0, 0.05) is 70.5 Å². The summed E-state index contributed by atoms with van der Waals surface area (Å²) in [6.45, 7) is 7.54. The van der Waals surface area contributed by atoms with Gasteiger partial charge < -0.3 is 45.6 Å². The number of thiol groups is 2. The molecule has 3 N–H and O–H groups in total. The number of Topliss-reactive ketones (excluding diaryl/α,β-unsaturated/α-hetero) is 1. The maximum Gasteiger partial charge on any atom is 1.00 e. The molecule has 2 heterocycles. The summed E-state index contributed by atoms with van der Waals surface area (Å²) in [5.41, 5.74) is 10.7. The Morgan fingerprint density at radius 3 is 1.43 bits per heavy atom. The van der Waals surface area contributed by atoms with Gasteiger partial charge in [0.05, 0.1) is 12.2 Å². The Labute approximate surface area is 670 Å². The van der Waals surface area contributed by atoms with Gasteiger partial charge in [-0.25, -0.2) is 0 Å². The van der Waals surface area contributed by atoms with Crippen LogP contribution < -0.4 is 94.4 Å². The number of thioether (sulfide) groups is 2. The number of rotatable bonds is 8. The summed E-state index contributed by atoms with van der Waals surface area (Å²) >= 11 is 34.3. The predicted molar refractivity (Wildman–Crippen MR) is 397 cm³/mol. The molecule has 7 aromatic rings. The monoisotopic (exact) mass is 1590 g/mol. The Balaban J connectivity index is 0.00000100. The van der Waals surface area contributed by atoms with Crippen molar-refractivity contribution in [1.29, 1.82) is 0 Å². The molecule has 19 heteroatoms. The minimum atomic E-state index is -0.586. The Kier molecular flexibility index (Phi) is 54.2. The first-order valence-corrected chi connectivity index (χ1v) is 36.7. The molecule has 0 radical (unpaired) electrons. The number of aryl methyl sites for hydroxylation is 1. The molecule has 3 fully saturated rings. The van der Waals surface area contributed by atoms with Crippen LogP contribution in [0.5, 0.6) is 0 Å². The molecule has 2 aliphatic carbocycles. The fraction of sp³-hybridized carbons (Fsp3) is 0.366. The van der Waals surface area contributed by atoms with Crippen molar-refractivity contribution in [3.8, 4) is 0 Å². The molecular formula is C71H84Br4KLi2NO5S6. The topological polar surface area (TPSA) is 104 Å². The van der Waals surface area contributed by atoms with Crippen molar-refractivity contribution in [2.45, 2.75) is 150 Å². The van der Waals surface area contributed by atoms with E-state index in [1.54, 1.807) is 18.1 Å². The summed E-state index contributed by atoms with van der Waals surface area (Å²) in [6.07, 6.45) is 14.3. The third kappa shape index (κ3) is 36.7. The number of aliphatic hydroxyl groups excluding tert-OH is 1. The van der Waals surface area contributed by atoms with Gasteiger partial charge >= 0.3 is 89.1 Å². The van der Waals surface area contributed by atoms with Crippen molar-refractivity contribution in [1.82, 2.24) is 5.32 Å². The molecular weight excluding hydrogens is 1510 g/mol. The van der Waals surface area contributed by atoms with Crippen LogP contribution in [-0.4, -0.2) is 39.3 Å². The zero-order valence-electron chi connectivity index (χ0n) is 53.2. The molecule has 7 aromatic carbocycles. The Morgan fingerprint density at radius 1 is 0.611 bits per heavy atom. The Morgan fingerprint density at radius 2 is 1.04 bits per heavy atom. The SMILES string of the molecule is CC(=O)SCc1ccccc1Br.CC(=O)[S-].CCc1ccccc1Br.O=C1CCCCC1.OC1(c2ccccc2CS)CCCCC1.OCc1ccccc1Br.SCc1ccccc1Br.[K+].[Li+].[Li+].[S-]Cc1[c-]cccc1.c1ccc2c(c1)CSC21CCNCC1. The largest absolute Gasteiger partial charge is 1.00 e. The second kappa shape index (κ2) is 54.1. The Bertz CT molecular complexity index is 2950. The van der Waals surface area contributed by atoms with Gasteiger partial charge in [-0.3, -0.25) is 9.59 Å². The van der Waals surface area contributed by atoms with E-state index in [0.29, 0.717) is 22.0 Å². The minimum absolute atomic E-state index is 0. The van der Waals surface area contributed by atoms with Crippen LogP contribution in [-0.2, 0) is 91.8 Å². The van der Waals surface area contributed by atoms with Crippen LogP contribution in [0.3, 0.4) is 0 Å². The molecule has 6 nitrogen and oxygen atoms in total. The first kappa shape index (κ1) is 90.2. The number of hydrogen-bond donors (Lipinski definition) is 5. The number of aliphatic hydroxyl groups is 2. The van der Waals surface area contributed by atoms with Crippen molar-refractivity contribution in [3.05, 3.63) is 244 Å². The summed E-state index contributed by atoms with van der Waals surface area (Å²) in [7, 11) is 0. The number of fused-ring (bicyclic) bond motifs is 2. The van der Waals surface area contributed by atoms with E-state index < -0.39 is 5.60 Å². The second-order valence-electron chi connectivity index (χ2n) is 20.5. The molecule has 11 rings (SSSR count). The maximum absolute atomic E-state index is 10.7. The molecule has 0 aromatic heterocycles. The summed E-state index contributed by atoms with van der Waals surface area (Å²) in [6, 6.07) is 59.8. The number of carbonyl (C=O) groups excluding carboxylic acids is 3. The molecule has 0 bridgehead atoms. The van der Waals surface area contributed by atoms with Gasteiger partial charge in [0.1, 0.15) is 5.78 Å². The van der Waals surface area contributed by atoms with E-state index in [1.807, 2.05) is 109 Å². The van der Waals surface area contributed by atoms with Crippen molar-refractivity contribution < 1.29 is 114 Å². The van der Waals surface area contributed by atoms with E-state index in [4.69, 9.17) is 17.7 Å². The number of hydrogen-bond acceptors (Lipinski definition) is 12. The third-order valence-electron chi connectivity index (χ3n) is 14.1. The van der Waals surface area contributed by atoms with E-state index in [-0.39, 0.29) is 106 Å². The first-order valence-electron chi connectivity index (χ1n) is 29.3. The van der Waals surface area contributed by atoms with Crippen LogP contribution in [0.25, 0.3) is 0 Å². The smallest absolute Gasteiger partial charge is 0.790 e. The summed E-state index contributed by atoms with van der Waals surface area (Å²) in [5, 5.41) is 22.7. The number of benzene rings is 7. The second-order valence-corrected chi connectivity index (χ2v) is 28.0. The summed E-state index contributed by atoms with van der Waals surface area (Å²) in [4.78, 5) is 30.4. The van der Waals surface area contributed by atoms with Gasteiger partial charge in [-0.1, -0.05) is 229 Å². The van der Waals surface area contributed by atoms with Crippen LogP contribution >= 0.6 is 113 Å².